The fourth-order valence-corrected chi connectivity index (χ4v) is 3.39. The molecule has 0 spiro atoms. The van der Waals surface area contributed by atoms with Crippen LogP contribution in [0.25, 0.3) is 10.8 Å². The number of hydrogen-bond donors (Lipinski definition) is 4. The molecule has 0 fully saturated rings. The molecule has 2 rings (SSSR count). The number of nitrogens with one attached hydrogen (secondary N) is 2. The molecule has 31 heavy (non-hydrogen) atoms. The zero-order valence-corrected chi connectivity index (χ0v) is 18.1. The number of carbonyl (C=O) groups is 3. The van der Waals surface area contributed by atoms with Crippen molar-refractivity contribution in [3.8, 4) is 5.75 Å². The third-order valence-electron chi connectivity index (χ3n) is 4.85. The quantitative estimate of drug-likeness (QED) is 0.408. The minimum Gasteiger partial charge on any atom is -0.493 e. The van der Waals surface area contributed by atoms with E-state index in [4.69, 9.17) is 4.74 Å². The highest BCUT2D eigenvalue weighted by Gasteiger charge is 2.25. The van der Waals surface area contributed by atoms with Gasteiger partial charge in [0.15, 0.2) is 0 Å². The van der Waals surface area contributed by atoms with Crippen molar-refractivity contribution in [3.05, 3.63) is 42.0 Å². The first-order valence-corrected chi connectivity index (χ1v) is 10.4. The summed E-state index contributed by atoms with van der Waals surface area (Å²) in [5.74, 6) is -2.17. The first-order valence-electron chi connectivity index (χ1n) is 10.4. The van der Waals surface area contributed by atoms with Gasteiger partial charge in [-0.15, -0.1) is 0 Å². The Hall–Kier alpha value is -3.13. The largest absolute Gasteiger partial charge is 0.493 e. The zero-order chi connectivity index (χ0) is 23.0. The molecule has 4 N–H and O–H groups in total. The second kappa shape index (κ2) is 11.3. The highest BCUT2D eigenvalue weighted by Crippen LogP contribution is 2.28. The standard InChI is InChI=1S/C23H30N2O6/c1-4-31-19-10-9-15-7-5-6-8-16(15)20(19)21(26)25-17(22(27)28)11-12-24-18(23(29)30)13-14(2)3/h5-10,14,17-18,24H,4,11-13H2,1-3H3,(H,25,26)(H,27,28)(H,29,30)/t17?,18-/m0/s1. The van der Waals surface area contributed by atoms with Gasteiger partial charge in [-0.2, -0.15) is 0 Å². The number of hydrogen-bond acceptors (Lipinski definition) is 5. The molecule has 0 saturated carbocycles. The van der Waals surface area contributed by atoms with Crippen LogP contribution in [0.2, 0.25) is 0 Å². The number of fused-ring (bicyclic) bond motifs is 1. The Kier molecular flexibility index (Phi) is 8.81. The van der Waals surface area contributed by atoms with Gasteiger partial charge in [-0.25, -0.2) is 4.79 Å². The number of amides is 1. The van der Waals surface area contributed by atoms with Gasteiger partial charge in [0.25, 0.3) is 5.91 Å². The van der Waals surface area contributed by atoms with Crippen LogP contribution in [-0.4, -0.2) is 53.3 Å². The third kappa shape index (κ3) is 6.68. The fourth-order valence-electron chi connectivity index (χ4n) is 3.39. The molecule has 8 nitrogen and oxygen atoms in total. The van der Waals surface area contributed by atoms with E-state index < -0.39 is 29.9 Å². The van der Waals surface area contributed by atoms with E-state index in [-0.39, 0.29) is 24.4 Å². The van der Waals surface area contributed by atoms with Crippen LogP contribution in [0.3, 0.4) is 0 Å². The Labute approximate surface area is 181 Å². The maximum absolute atomic E-state index is 13.1. The number of rotatable bonds is 12. The van der Waals surface area contributed by atoms with Gasteiger partial charge in [0.2, 0.25) is 0 Å². The highest BCUT2D eigenvalue weighted by molar-refractivity contribution is 6.10. The van der Waals surface area contributed by atoms with Gasteiger partial charge in [-0.1, -0.05) is 44.2 Å². The number of carbonyl (C=O) groups excluding carboxylic acids is 1. The normalized spacial score (nSPS) is 13.0. The lowest BCUT2D eigenvalue weighted by Crippen LogP contribution is -2.45. The molecule has 0 aliphatic heterocycles. The Morgan fingerprint density at radius 2 is 1.68 bits per heavy atom. The van der Waals surface area contributed by atoms with E-state index >= 15 is 0 Å². The number of benzene rings is 2. The molecule has 2 atom stereocenters. The van der Waals surface area contributed by atoms with Gasteiger partial charge in [0, 0.05) is 0 Å². The predicted molar refractivity (Wildman–Crippen MR) is 118 cm³/mol. The van der Waals surface area contributed by atoms with E-state index in [0.717, 1.165) is 5.39 Å². The smallest absolute Gasteiger partial charge is 0.326 e. The zero-order valence-electron chi connectivity index (χ0n) is 18.1. The highest BCUT2D eigenvalue weighted by atomic mass is 16.5. The maximum Gasteiger partial charge on any atom is 0.326 e. The van der Waals surface area contributed by atoms with Crippen molar-refractivity contribution in [2.45, 2.75) is 45.7 Å². The molecule has 168 valence electrons. The molecule has 0 radical (unpaired) electrons. The molecule has 0 bridgehead atoms. The molecule has 0 aliphatic rings. The van der Waals surface area contributed by atoms with Gasteiger partial charge in [-0.05, 0) is 49.1 Å². The van der Waals surface area contributed by atoms with Crippen molar-refractivity contribution in [2.24, 2.45) is 5.92 Å². The molecule has 0 aromatic heterocycles. The predicted octanol–water partition coefficient (Wildman–Crippen LogP) is 2.90. The van der Waals surface area contributed by atoms with Crippen molar-refractivity contribution in [1.82, 2.24) is 10.6 Å². The van der Waals surface area contributed by atoms with E-state index in [9.17, 15) is 24.6 Å². The van der Waals surface area contributed by atoms with Crippen molar-refractivity contribution < 1.29 is 29.3 Å². The first kappa shape index (κ1) is 24.1. The summed E-state index contributed by atoms with van der Waals surface area (Å²) in [6, 6.07) is 8.89. The Balaban J connectivity index is 2.17. The van der Waals surface area contributed by atoms with Crippen molar-refractivity contribution >= 4 is 28.6 Å². The average molecular weight is 431 g/mol. The summed E-state index contributed by atoms with van der Waals surface area (Å²) in [5.41, 5.74) is 0.280. The summed E-state index contributed by atoms with van der Waals surface area (Å²) in [6.45, 7) is 6.13. The van der Waals surface area contributed by atoms with Gasteiger partial charge in [-0.3, -0.25) is 9.59 Å². The van der Waals surface area contributed by atoms with Gasteiger partial charge in [0.1, 0.15) is 17.8 Å². The molecule has 2 aromatic rings. The maximum atomic E-state index is 13.1. The van der Waals surface area contributed by atoms with Crippen LogP contribution < -0.4 is 15.4 Å². The molecule has 2 aromatic carbocycles. The van der Waals surface area contributed by atoms with Crippen LogP contribution in [0, 0.1) is 5.92 Å². The van der Waals surface area contributed by atoms with Gasteiger partial charge >= 0.3 is 11.9 Å². The van der Waals surface area contributed by atoms with Crippen LogP contribution in [0.5, 0.6) is 5.75 Å². The molecular weight excluding hydrogens is 400 g/mol. The lowest BCUT2D eigenvalue weighted by Gasteiger charge is -2.20. The van der Waals surface area contributed by atoms with Crippen LogP contribution in [0.15, 0.2) is 36.4 Å². The Morgan fingerprint density at radius 3 is 2.29 bits per heavy atom. The minimum absolute atomic E-state index is 0.0394. The number of carboxylic acid groups (broad SMARTS) is 2. The van der Waals surface area contributed by atoms with Crippen LogP contribution in [0.4, 0.5) is 0 Å². The fraction of sp³-hybridized carbons (Fsp3) is 0.435. The number of carboxylic acids is 2. The summed E-state index contributed by atoms with van der Waals surface area (Å²) >= 11 is 0. The molecule has 1 unspecified atom stereocenters. The molecule has 1 amide bonds. The molecular formula is C23H30N2O6. The topological polar surface area (TPSA) is 125 Å². The number of aliphatic carboxylic acids is 2. The van der Waals surface area contributed by atoms with E-state index in [1.807, 2.05) is 32.0 Å². The molecule has 0 heterocycles. The second-order valence-corrected chi connectivity index (χ2v) is 7.72. The van der Waals surface area contributed by atoms with Crippen molar-refractivity contribution in [1.29, 1.82) is 0 Å². The van der Waals surface area contributed by atoms with Gasteiger partial charge in [0.05, 0.1) is 12.2 Å². The third-order valence-corrected chi connectivity index (χ3v) is 4.85. The van der Waals surface area contributed by atoms with E-state index in [2.05, 4.69) is 10.6 Å². The molecule has 0 saturated heterocycles. The van der Waals surface area contributed by atoms with Gasteiger partial charge < -0.3 is 25.6 Å². The second-order valence-electron chi connectivity index (χ2n) is 7.72. The summed E-state index contributed by atoms with van der Waals surface area (Å²) in [4.78, 5) is 36.2. The van der Waals surface area contributed by atoms with E-state index in [1.54, 1.807) is 25.1 Å². The lowest BCUT2D eigenvalue weighted by atomic mass is 10.0. The SMILES string of the molecule is CCOc1ccc2ccccc2c1C(=O)NC(CCN[C@@H](CC(C)C)C(=O)O)C(=O)O. The Bertz CT molecular complexity index is 927. The first-order chi connectivity index (χ1) is 14.7. The summed E-state index contributed by atoms with van der Waals surface area (Å²) < 4.78 is 5.60. The van der Waals surface area contributed by atoms with Crippen LogP contribution in [-0.2, 0) is 9.59 Å². The van der Waals surface area contributed by atoms with Crippen molar-refractivity contribution in [2.75, 3.05) is 13.2 Å². The Morgan fingerprint density at radius 1 is 1.00 bits per heavy atom. The molecule has 8 heteroatoms. The lowest BCUT2D eigenvalue weighted by molar-refractivity contribution is -0.140. The van der Waals surface area contributed by atoms with E-state index in [1.165, 1.54) is 0 Å². The van der Waals surface area contributed by atoms with E-state index in [0.29, 0.717) is 24.2 Å². The minimum atomic E-state index is -1.19. The van der Waals surface area contributed by atoms with Crippen LogP contribution in [0.1, 0.15) is 44.0 Å². The van der Waals surface area contributed by atoms with Crippen molar-refractivity contribution in [3.63, 3.8) is 0 Å². The summed E-state index contributed by atoms with van der Waals surface area (Å²) in [6.07, 6.45) is 0.463. The average Bonchev–Trinajstić information content (AvgIpc) is 2.71. The summed E-state index contributed by atoms with van der Waals surface area (Å²) in [7, 11) is 0. The molecule has 0 aliphatic carbocycles. The monoisotopic (exact) mass is 430 g/mol. The number of ether oxygens (including phenoxy) is 1. The summed E-state index contributed by atoms with van der Waals surface area (Å²) in [5, 5.41) is 25.8. The van der Waals surface area contributed by atoms with Crippen LogP contribution >= 0.6 is 0 Å².